The maximum absolute atomic E-state index is 4.97. The van der Waals surface area contributed by atoms with Crippen molar-refractivity contribution >= 4 is 0 Å². The first-order valence-electron chi connectivity index (χ1n) is 3.25. The van der Waals surface area contributed by atoms with Crippen molar-refractivity contribution < 1.29 is 14.5 Å². The number of ether oxygens (including phenoxy) is 2. The summed E-state index contributed by atoms with van der Waals surface area (Å²) in [5.74, 6) is 1.91. The SMILES string of the molecule is COc1c[nH+]c(C)nc1OC. The van der Waals surface area contributed by atoms with Gasteiger partial charge in [-0.2, -0.15) is 0 Å². The lowest BCUT2D eigenvalue weighted by Crippen LogP contribution is -2.11. The summed E-state index contributed by atoms with van der Waals surface area (Å²) in [7, 11) is 3.13. The van der Waals surface area contributed by atoms with Crippen molar-refractivity contribution in [2.45, 2.75) is 6.92 Å². The largest absolute Gasteiger partial charge is 0.487 e. The van der Waals surface area contributed by atoms with E-state index in [4.69, 9.17) is 9.47 Å². The molecule has 4 heteroatoms. The van der Waals surface area contributed by atoms with Crippen molar-refractivity contribution in [1.29, 1.82) is 0 Å². The van der Waals surface area contributed by atoms with Gasteiger partial charge in [-0.15, -0.1) is 0 Å². The molecule has 0 unspecified atom stereocenters. The number of hydrogen-bond acceptors (Lipinski definition) is 3. The molecule has 0 aromatic carbocycles. The zero-order valence-corrected chi connectivity index (χ0v) is 6.84. The maximum atomic E-state index is 4.97. The summed E-state index contributed by atoms with van der Waals surface area (Å²) in [5.41, 5.74) is 0. The molecule has 0 amide bonds. The molecule has 1 aromatic heterocycles. The zero-order chi connectivity index (χ0) is 8.27. The number of aromatic nitrogens is 2. The molecule has 1 N–H and O–H groups in total. The second kappa shape index (κ2) is 3.18. The number of nitrogens with zero attached hydrogens (tertiary/aromatic N) is 1. The fourth-order valence-corrected chi connectivity index (χ4v) is 0.764. The highest BCUT2D eigenvalue weighted by Gasteiger charge is 2.12. The van der Waals surface area contributed by atoms with Crippen LogP contribution in [0.4, 0.5) is 0 Å². The first kappa shape index (κ1) is 7.78. The minimum Gasteiger partial charge on any atom is -0.487 e. The third kappa shape index (κ3) is 1.58. The van der Waals surface area contributed by atoms with Crippen LogP contribution in [0, 0.1) is 6.92 Å². The van der Waals surface area contributed by atoms with E-state index < -0.39 is 0 Å². The zero-order valence-electron chi connectivity index (χ0n) is 6.84. The second-order valence-electron chi connectivity index (χ2n) is 2.06. The highest BCUT2D eigenvalue weighted by molar-refractivity contribution is 5.28. The number of rotatable bonds is 2. The Morgan fingerprint density at radius 1 is 1.36 bits per heavy atom. The summed E-state index contributed by atoms with van der Waals surface area (Å²) in [6.07, 6.45) is 1.71. The highest BCUT2D eigenvalue weighted by atomic mass is 16.5. The van der Waals surface area contributed by atoms with Crippen molar-refractivity contribution in [3.05, 3.63) is 12.0 Å². The van der Waals surface area contributed by atoms with Gasteiger partial charge >= 0.3 is 5.88 Å². The Balaban J connectivity index is 3.06. The summed E-state index contributed by atoms with van der Waals surface area (Å²) in [6, 6.07) is 0. The molecule has 4 nitrogen and oxygen atoms in total. The summed E-state index contributed by atoms with van der Waals surface area (Å²) in [4.78, 5) is 6.97. The van der Waals surface area contributed by atoms with Gasteiger partial charge in [-0.3, -0.25) is 0 Å². The van der Waals surface area contributed by atoms with Crippen LogP contribution in [-0.4, -0.2) is 19.2 Å². The van der Waals surface area contributed by atoms with Gasteiger partial charge in [0, 0.05) is 6.92 Å². The van der Waals surface area contributed by atoms with Crippen LogP contribution < -0.4 is 14.5 Å². The predicted molar refractivity (Wildman–Crippen MR) is 38.6 cm³/mol. The Morgan fingerprint density at radius 3 is 2.64 bits per heavy atom. The van der Waals surface area contributed by atoms with Crippen LogP contribution in [0.2, 0.25) is 0 Å². The van der Waals surface area contributed by atoms with Crippen LogP contribution in [0.25, 0.3) is 0 Å². The molecular formula is C7H11N2O2+. The van der Waals surface area contributed by atoms with Crippen LogP contribution >= 0.6 is 0 Å². The fraction of sp³-hybridized carbons (Fsp3) is 0.429. The molecular weight excluding hydrogens is 144 g/mol. The molecule has 1 heterocycles. The lowest BCUT2D eigenvalue weighted by molar-refractivity contribution is -0.394. The lowest BCUT2D eigenvalue weighted by atomic mass is 10.5. The van der Waals surface area contributed by atoms with E-state index in [1.807, 2.05) is 6.92 Å². The first-order valence-corrected chi connectivity index (χ1v) is 3.25. The second-order valence-corrected chi connectivity index (χ2v) is 2.06. The molecule has 0 radical (unpaired) electrons. The van der Waals surface area contributed by atoms with E-state index >= 15 is 0 Å². The van der Waals surface area contributed by atoms with Crippen LogP contribution in [0.3, 0.4) is 0 Å². The van der Waals surface area contributed by atoms with Gasteiger partial charge in [0.1, 0.15) is 6.20 Å². The van der Waals surface area contributed by atoms with Crippen molar-refractivity contribution in [2.24, 2.45) is 0 Å². The number of nitrogens with one attached hydrogen (secondary N) is 1. The monoisotopic (exact) mass is 155 g/mol. The average Bonchev–Trinajstić information content (AvgIpc) is 2.04. The summed E-state index contributed by atoms with van der Waals surface area (Å²) >= 11 is 0. The van der Waals surface area contributed by atoms with E-state index in [0.29, 0.717) is 11.6 Å². The number of aryl methyl sites for hydroxylation is 1. The molecule has 0 aliphatic carbocycles. The molecule has 1 aromatic rings. The van der Waals surface area contributed by atoms with Gasteiger partial charge in [0.15, 0.2) is 0 Å². The van der Waals surface area contributed by atoms with E-state index in [2.05, 4.69) is 9.97 Å². The van der Waals surface area contributed by atoms with E-state index in [-0.39, 0.29) is 0 Å². The molecule has 0 saturated carbocycles. The molecule has 0 bridgehead atoms. The molecule has 0 atom stereocenters. The topological polar surface area (TPSA) is 45.5 Å². The number of H-pyrrole nitrogens is 1. The third-order valence-electron chi connectivity index (χ3n) is 1.31. The Hall–Kier alpha value is -1.32. The molecule has 60 valence electrons. The molecule has 0 aliphatic rings. The molecule has 0 saturated heterocycles. The van der Waals surface area contributed by atoms with Crippen molar-refractivity contribution in [2.75, 3.05) is 14.2 Å². The Bertz CT molecular complexity index is 250. The van der Waals surface area contributed by atoms with E-state index in [1.54, 1.807) is 20.4 Å². The number of aromatic amines is 1. The average molecular weight is 155 g/mol. The quantitative estimate of drug-likeness (QED) is 0.613. The number of hydrogen-bond donors (Lipinski definition) is 0. The summed E-state index contributed by atoms with van der Waals surface area (Å²) in [5, 5.41) is 0. The molecule has 11 heavy (non-hydrogen) atoms. The van der Waals surface area contributed by atoms with Gasteiger partial charge in [-0.05, 0) is 4.98 Å². The van der Waals surface area contributed by atoms with Gasteiger partial charge in [0.05, 0.1) is 14.2 Å². The third-order valence-corrected chi connectivity index (χ3v) is 1.31. The molecule has 0 aliphatic heterocycles. The maximum Gasteiger partial charge on any atom is 0.374 e. The van der Waals surface area contributed by atoms with Crippen LogP contribution in [0.15, 0.2) is 6.20 Å². The van der Waals surface area contributed by atoms with E-state index in [1.165, 1.54) is 0 Å². The first-order chi connectivity index (χ1) is 5.27. The highest BCUT2D eigenvalue weighted by Crippen LogP contribution is 2.19. The van der Waals surface area contributed by atoms with Crippen LogP contribution in [0.1, 0.15) is 5.82 Å². The smallest absolute Gasteiger partial charge is 0.374 e. The van der Waals surface area contributed by atoms with Crippen LogP contribution in [-0.2, 0) is 0 Å². The number of methoxy groups -OCH3 is 2. The van der Waals surface area contributed by atoms with Gasteiger partial charge in [0.25, 0.3) is 5.82 Å². The minimum absolute atomic E-state index is 0.503. The lowest BCUT2D eigenvalue weighted by Gasteiger charge is -1.98. The van der Waals surface area contributed by atoms with E-state index in [9.17, 15) is 0 Å². The van der Waals surface area contributed by atoms with Gasteiger partial charge in [0.2, 0.25) is 5.75 Å². The van der Waals surface area contributed by atoms with E-state index in [0.717, 1.165) is 5.82 Å². The Kier molecular flexibility index (Phi) is 2.25. The molecule has 0 fully saturated rings. The van der Waals surface area contributed by atoms with Crippen molar-refractivity contribution in [3.8, 4) is 11.6 Å². The minimum atomic E-state index is 0.503. The van der Waals surface area contributed by atoms with Crippen LogP contribution in [0.5, 0.6) is 11.6 Å². The van der Waals surface area contributed by atoms with Crippen molar-refractivity contribution in [3.63, 3.8) is 0 Å². The van der Waals surface area contributed by atoms with Crippen molar-refractivity contribution in [1.82, 2.24) is 4.98 Å². The summed E-state index contributed by atoms with van der Waals surface area (Å²) in [6.45, 7) is 1.85. The Morgan fingerprint density at radius 2 is 2.09 bits per heavy atom. The Labute approximate surface area is 65.2 Å². The molecule has 0 spiro atoms. The predicted octanol–water partition coefficient (Wildman–Crippen LogP) is 0.221. The van der Waals surface area contributed by atoms with Gasteiger partial charge in [-0.25, -0.2) is 4.98 Å². The molecule has 1 rings (SSSR count). The fourth-order valence-electron chi connectivity index (χ4n) is 0.764. The summed E-state index contributed by atoms with van der Waals surface area (Å²) < 4.78 is 9.93. The van der Waals surface area contributed by atoms with Gasteiger partial charge < -0.3 is 9.47 Å². The standard InChI is InChI=1S/C7H10N2O2/c1-5-8-4-6(10-2)7(9-5)11-3/h4H,1-3H3/p+1. The normalized spacial score (nSPS) is 9.36. The van der Waals surface area contributed by atoms with Gasteiger partial charge in [-0.1, -0.05) is 0 Å².